The molecule has 3 heteroatoms. The van der Waals surface area contributed by atoms with Crippen LogP contribution in [0.5, 0.6) is 0 Å². The van der Waals surface area contributed by atoms with Crippen molar-refractivity contribution >= 4 is 0 Å². The fraction of sp³-hybridized carbons (Fsp3) is 0.167. The highest BCUT2D eigenvalue weighted by molar-refractivity contribution is 5.36. The Hall–Kier alpha value is -1.74. The Labute approximate surface area is 89.5 Å². The van der Waals surface area contributed by atoms with E-state index in [2.05, 4.69) is 5.32 Å². The topological polar surface area (TPSA) is 64.1 Å². The summed E-state index contributed by atoms with van der Waals surface area (Å²) >= 11 is 0. The molecule has 0 aromatic heterocycles. The van der Waals surface area contributed by atoms with E-state index in [-0.39, 0.29) is 0 Å². The number of benzene rings is 1. The molecule has 1 aromatic carbocycles. The molecule has 0 spiro atoms. The maximum absolute atomic E-state index is 6.20. The van der Waals surface area contributed by atoms with E-state index in [0.717, 1.165) is 5.56 Å². The van der Waals surface area contributed by atoms with Crippen LogP contribution in [-0.4, -0.2) is 0 Å². The second-order valence-corrected chi connectivity index (χ2v) is 3.86. The molecular formula is C12H15N3. The Balaban J connectivity index is 2.38. The molecule has 0 amide bonds. The highest BCUT2D eigenvalue weighted by Gasteiger charge is 2.24. The van der Waals surface area contributed by atoms with Gasteiger partial charge in [0.25, 0.3) is 0 Å². The van der Waals surface area contributed by atoms with Gasteiger partial charge in [-0.15, -0.1) is 0 Å². The SMILES string of the molecule is Cc1ccc(C2(N)C=C(N)C=CN2)cc1. The lowest BCUT2D eigenvalue weighted by molar-refractivity contribution is 0.490. The van der Waals surface area contributed by atoms with Crippen molar-refractivity contribution in [3.63, 3.8) is 0 Å². The van der Waals surface area contributed by atoms with Crippen molar-refractivity contribution < 1.29 is 0 Å². The van der Waals surface area contributed by atoms with Crippen LogP contribution in [0.1, 0.15) is 11.1 Å². The zero-order valence-corrected chi connectivity index (χ0v) is 8.70. The van der Waals surface area contributed by atoms with Gasteiger partial charge < -0.3 is 16.8 Å². The predicted octanol–water partition coefficient (Wildman–Crippen LogP) is 1.07. The van der Waals surface area contributed by atoms with Crippen molar-refractivity contribution in [3.05, 3.63) is 59.4 Å². The van der Waals surface area contributed by atoms with E-state index in [4.69, 9.17) is 11.5 Å². The zero-order valence-electron chi connectivity index (χ0n) is 8.70. The number of aryl methyl sites for hydroxylation is 1. The number of nitrogens with two attached hydrogens (primary N) is 2. The van der Waals surface area contributed by atoms with Gasteiger partial charge in [-0.1, -0.05) is 29.8 Å². The minimum absolute atomic E-state index is 0.678. The minimum atomic E-state index is -0.688. The van der Waals surface area contributed by atoms with Gasteiger partial charge in [-0.05, 0) is 24.6 Å². The summed E-state index contributed by atoms with van der Waals surface area (Å²) in [6, 6.07) is 8.08. The Bertz CT molecular complexity index is 417. The van der Waals surface area contributed by atoms with E-state index in [0.29, 0.717) is 5.70 Å². The van der Waals surface area contributed by atoms with Crippen molar-refractivity contribution in [2.24, 2.45) is 11.5 Å². The molecule has 0 aliphatic carbocycles. The molecule has 15 heavy (non-hydrogen) atoms. The Kier molecular flexibility index (Phi) is 2.25. The monoisotopic (exact) mass is 201 g/mol. The molecule has 0 radical (unpaired) electrons. The van der Waals surface area contributed by atoms with E-state index in [1.165, 1.54) is 5.56 Å². The first-order chi connectivity index (χ1) is 7.10. The van der Waals surface area contributed by atoms with Crippen LogP contribution >= 0.6 is 0 Å². The van der Waals surface area contributed by atoms with Gasteiger partial charge >= 0.3 is 0 Å². The van der Waals surface area contributed by atoms with Crippen molar-refractivity contribution in [3.8, 4) is 0 Å². The molecule has 0 saturated heterocycles. The van der Waals surface area contributed by atoms with Gasteiger partial charge in [-0.2, -0.15) is 0 Å². The van der Waals surface area contributed by atoms with Gasteiger partial charge in [-0.25, -0.2) is 0 Å². The van der Waals surface area contributed by atoms with Crippen LogP contribution < -0.4 is 16.8 Å². The van der Waals surface area contributed by atoms with E-state index < -0.39 is 5.66 Å². The average molecular weight is 201 g/mol. The third kappa shape index (κ3) is 1.87. The number of hydrogen-bond acceptors (Lipinski definition) is 3. The second-order valence-electron chi connectivity index (χ2n) is 3.86. The van der Waals surface area contributed by atoms with Crippen molar-refractivity contribution in [1.29, 1.82) is 0 Å². The van der Waals surface area contributed by atoms with Crippen LogP contribution in [0.25, 0.3) is 0 Å². The van der Waals surface area contributed by atoms with Crippen molar-refractivity contribution in [2.75, 3.05) is 0 Å². The average Bonchev–Trinajstić information content (AvgIpc) is 2.18. The summed E-state index contributed by atoms with van der Waals surface area (Å²) in [5.41, 5.74) is 14.1. The zero-order chi connectivity index (χ0) is 10.9. The Morgan fingerprint density at radius 2 is 1.87 bits per heavy atom. The summed E-state index contributed by atoms with van der Waals surface area (Å²) in [6.45, 7) is 2.05. The molecule has 1 heterocycles. The van der Waals surface area contributed by atoms with E-state index >= 15 is 0 Å². The summed E-state index contributed by atoms with van der Waals surface area (Å²) in [6.07, 6.45) is 5.38. The van der Waals surface area contributed by atoms with Crippen LogP contribution in [0.3, 0.4) is 0 Å². The smallest absolute Gasteiger partial charge is 0.133 e. The number of rotatable bonds is 1. The molecule has 1 atom stereocenters. The Morgan fingerprint density at radius 3 is 2.47 bits per heavy atom. The molecule has 0 saturated carbocycles. The fourth-order valence-corrected chi connectivity index (χ4v) is 1.62. The standard InChI is InChI=1S/C12H15N3/c1-9-2-4-10(5-3-9)12(14)8-11(13)6-7-15-12/h2-8,15H,13-14H2,1H3. The first kappa shape index (κ1) is 9.80. The van der Waals surface area contributed by atoms with Gasteiger partial charge in [0.2, 0.25) is 0 Å². The number of allylic oxidation sites excluding steroid dienone is 1. The summed E-state index contributed by atoms with van der Waals surface area (Å²) in [5, 5.41) is 3.10. The summed E-state index contributed by atoms with van der Waals surface area (Å²) in [5.74, 6) is 0. The quantitative estimate of drug-likeness (QED) is 0.636. The van der Waals surface area contributed by atoms with Gasteiger partial charge in [-0.3, -0.25) is 0 Å². The Morgan fingerprint density at radius 1 is 1.20 bits per heavy atom. The van der Waals surface area contributed by atoms with Gasteiger partial charge in [0, 0.05) is 11.9 Å². The lowest BCUT2D eigenvalue weighted by Crippen LogP contribution is -2.48. The first-order valence-corrected chi connectivity index (χ1v) is 4.89. The van der Waals surface area contributed by atoms with Gasteiger partial charge in [0.15, 0.2) is 0 Å². The normalized spacial score (nSPS) is 24.5. The van der Waals surface area contributed by atoms with Gasteiger partial charge in [0.05, 0.1) is 0 Å². The number of hydrogen-bond donors (Lipinski definition) is 3. The molecule has 3 nitrogen and oxygen atoms in total. The first-order valence-electron chi connectivity index (χ1n) is 4.89. The van der Waals surface area contributed by atoms with Crippen molar-refractivity contribution in [2.45, 2.75) is 12.6 Å². The molecule has 0 bridgehead atoms. The fourth-order valence-electron chi connectivity index (χ4n) is 1.62. The highest BCUT2D eigenvalue weighted by atomic mass is 15.1. The molecule has 1 aliphatic rings. The van der Waals surface area contributed by atoms with Gasteiger partial charge in [0.1, 0.15) is 5.66 Å². The molecular weight excluding hydrogens is 186 g/mol. The molecule has 1 aromatic rings. The van der Waals surface area contributed by atoms with Crippen LogP contribution in [-0.2, 0) is 5.66 Å². The third-order valence-corrected chi connectivity index (χ3v) is 2.52. The predicted molar refractivity (Wildman–Crippen MR) is 61.6 cm³/mol. The maximum atomic E-state index is 6.20. The lowest BCUT2D eigenvalue weighted by atomic mass is 9.96. The molecule has 5 N–H and O–H groups in total. The van der Waals surface area contributed by atoms with E-state index in [1.54, 1.807) is 12.3 Å². The summed E-state index contributed by atoms with van der Waals surface area (Å²) in [4.78, 5) is 0. The van der Waals surface area contributed by atoms with Crippen LogP contribution in [0.15, 0.2) is 48.3 Å². The van der Waals surface area contributed by atoms with E-state index in [9.17, 15) is 0 Å². The molecule has 1 aliphatic heterocycles. The summed E-state index contributed by atoms with van der Waals surface area (Å²) < 4.78 is 0. The summed E-state index contributed by atoms with van der Waals surface area (Å²) in [7, 11) is 0. The molecule has 1 unspecified atom stereocenters. The van der Waals surface area contributed by atoms with E-state index in [1.807, 2.05) is 37.3 Å². The number of dihydropyridines is 1. The molecule has 78 valence electrons. The van der Waals surface area contributed by atoms with Crippen LogP contribution in [0, 0.1) is 6.92 Å². The minimum Gasteiger partial charge on any atom is -0.399 e. The maximum Gasteiger partial charge on any atom is 0.133 e. The van der Waals surface area contributed by atoms with Crippen LogP contribution in [0.2, 0.25) is 0 Å². The number of nitrogens with one attached hydrogen (secondary N) is 1. The van der Waals surface area contributed by atoms with Crippen LogP contribution in [0.4, 0.5) is 0 Å². The highest BCUT2D eigenvalue weighted by Crippen LogP contribution is 2.20. The lowest BCUT2D eigenvalue weighted by Gasteiger charge is -2.30. The largest absolute Gasteiger partial charge is 0.399 e. The molecule has 0 fully saturated rings. The van der Waals surface area contributed by atoms with Crippen molar-refractivity contribution in [1.82, 2.24) is 5.32 Å². The molecule has 2 rings (SSSR count). The third-order valence-electron chi connectivity index (χ3n) is 2.52. The second kappa shape index (κ2) is 3.44.